The third-order valence-corrected chi connectivity index (χ3v) is 4.69. The molecule has 1 saturated heterocycles. The van der Waals surface area contributed by atoms with Crippen LogP contribution >= 0.6 is 0 Å². The Kier molecular flexibility index (Phi) is 6.13. The molecule has 7 heteroatoms. The lowest BCUT2D eigenvalue weighted by molar-refractivity contribution is -0.121. The largest absolute Gasteiger partial charge is 0.494 e. The van der Waals surface area contributed by atoms with Gasteiger partial charge in [0.2, 0.25) is 5.91 Å². The van der Waals surface area contributed by atoms with Crippen LogP contribution in [0.5, 0.6) is 5.75 Å². The second-order valence-electron chi connectivity index (χ2n) is 6.43. The Labute approximate surface area is 158 Å². The highest BCUT2D eigenvalue weighted by atomic mass is 16.5. The van der Waals surface area contributed by atoms with Crippen LogP contribution in [0.2, 0.25) is 0 Å². The Bertz CT molecular complexity index is 750. The Balaban J connectivity index is 1.50. The smallest absolute Gasteiger partial charge is 0.289 e. The molecule has 27 heavy (non-hydrogen) atoms. The van der Waals surface area contributed by atoms with Crippen molar-refractivity contribution >= 4 is 17.5 Å². The van der Waals surface area contributed by atoms with E-state index >= 15 is 0 Å². The van der Waals surface area contributed by atoms with Crippen LogP contribution < -0.4 is 10.1 Å². The molecule has 0 aliphatic carbocycles. The van der Waals surface area contributed by atoms with Crippen molar-refractivity contribution < 1.29 is 18.7 Å². The molecule has 0 bridgehead atoms. The maximum absolute atomic E-state index is 12.5. The Morgan fingerprint density at radius 1 is 1.15 bits per heavy atom. The maximum Gasteiger partial charge on any atom is 0.289 e. The summed E-state index contributed by atoms with van der Waals surface area (Å²) in [4.78, 5) is 28.7. The average molecular weight is 371 g/mol. The predicted molar refractivity (Wildman–Crippen MR) is 102 cm³/mol. The van der Waals surface area contributed by atoms with E-state index in [1.807, 2.05) is 38.1 Å². The van der Waals surface area contributed by atoms with Crippen molar-refractivity contribution in [3.63, 3.8) is 0 Å². The van der Waals surface area contributed by atoms with E-state index in [-0.39, 0.29) is 17.9 Å². The molecule has 0 radical (unpaired) electrons. The van der Waals surface area contributed by atoms with Crippen molar-refractivity contribution in [3.8, 4) is 5.75 Å². The van der Waals surface area contributed by atoms with Gasteiger partial charge in [-0.1, -0.05) is 0 Å². The zero-order valence-corrected chi connectivity index (χ0v) is 15.7. The van der Waals surface area contributed by atoms with Gasteiger partial charge in [-0.25, -0.2) is 0 Å². The van der Waals surface area contributed by atoms with Crippen molar-refractivity contribution in [1.29, 1.82) is 0 Å². The lowest BCUT2D eigenvalue weighted by Gasteiger charge is -2.37. The van der Waals surface area contributed by atoms with E-state index in [0.29, 0.717) is 38.5 Å². The van der Waals surface area contributed by atoms with E-state index in [1.54, 1.807) is 17.0 Å². The highest BCUT2D eigenvalue weighted by molar-refractivity contribution is 5.94. The lowest BCUT2D eigenvalue weighted by Crippen LogP contribution is -2.54. The summed E-state index contributed by atoms with van der Waals surface area (Å²) in [5.74, 6) is 0.960. The number of furan rings is 1. The molecule has 3 rings (SSSR count). The molecule has 1 aliphatic rings. The van der Waals surface area contributed by atoms with E-state index in [1.165, 1.54) is 6.26 Å². The molecule has 2 amide bonds. The highest BCUT2D eigenvalue weighted by Gasteiger charge is 2.28. The number of nitrogens with zero attached hydrogens (tertiary/aromatic N) is 2. The molecular formula is C20H25N3O4. The van der Waals surface area contributed by atoms with Gasteiger partial charge in [-0.3, -0.25) is 14.5 Å². The van der Waals surface area contributed by atoms with Crippen LogP contribution in [0.25, 0.3) is 0 Å². The third-order valence-electron chi connectivity index (χ3n) is 4.69. The first kappa shape index (κ1) is 19.0. The maximum atomic E-state index is 12.5. The van der Waals surface area contributed by atoms with Gasteiger partial charge in [0.1, 0.15) is 5.75 Å². The average Bonchev–Trinajstić information content (AvgIpc) is 3.23. The van der Waals surface area contributed by atoms with Crippen molar-refractivity contribution in [2.45, 2.75) is 19.9 Å². The number of benzene rings is 1. The van der Waals surface area contributed by atoms with Crippen molar-refractivity contribution in [2.24, 2.45) is 0 Å². The second kappa shape index (κ2) is 8.73. The third kappa shape index (κ3) is 4.68. The summed E-state index contributed by atoms with van der Waals surface area (Å²) in [7, 11) is 0. The number of carbonyl (C=O) groups is 2. The summed E-state index contributed by atoms with van der Waals surface area (Å²) in [5.41, 5.74) is 0.738. The molecular weight excluding hydrogens is 346 g/mol. The number of hydrogen-bond acceptors (Lipinski definition) is 5. The summed E-state index contributed by atoms with van der Waals surface area (Å²) in [6.07, 6.45) is 1.50. The topological polar surface area (TPSA) is 75.0 Å². The van der Waals surface area contributed by atoms with E-state index in [4.69, 9.17) is 9.15 Å². The second-order valence-corrected chi connectivity index (χ2v) is 6.43. The van der Waals surface area contributed by atoms with Crippen LogP contribution in [0.1, 0.15) is 24.4 Å². The fourth-order valence-electron chi connectivity index (χ4n) is 3.08. The number of anilines is 1. The molecule has 0 unspecified atom stereocenters. The SMILES string of the molecule is CCOc1ccc(NC(=O)[C@H](C)N2CCN(C(=O)c3ccco3)CC2)cc1. The molecule has 1 N–H and O–H groups in total. The van der Waals surface area contributed by atoms with Crippen LogP contribution in [-0.2, 0) is 4.79 Å². The molecule has 2 aromatic rings. The lowest BCUT2D eigenvalue weighted by atomic mass is 10.2. The monoisotopic (exact) mass is 371 g/mol. The Morgan fingerprint density at radius 3 is 2.44 bits per heavy atom. The molecule has 1 atom stereocenters. The van der Waals surface area contributed by atoms with Gasteiger partial charge in [-0.2, -0.15) is 0 Å². The first-order chi connectivity index (χ1) is 13.1. The molecule has 1 aliphatic heterocycles. The Hall–Kier alpha value is -2.80. The number of amides is 2. The molecule has 1 aromatic heterocycles. The summed E-state index contributed by atoms with van der Waals surface area (Å²) in [6, 6.07) is 10.4. The van der Waals surface area contributed by atoms with E-state index in [2.05, 4.69) is 10.2 Å². The molecule has 0 spiro atoms. The van der Waals surface area contributed by atoms with Gasteiger partial charge in [0.05, 0.1) is 18.9 Å². The van der Waals surface area contributed by atoms with Gasteiger partial charge < -0.3 is 19.4 Å². The number of rotatable bonds is 6. The minimum Gasteiger partial charge on any atom is -0.494 e. The Morgan fingerprint density at radius 2 is 1.85 bits per heavy atom. The zero-order chi connectivity index (χ0) is 19.2. The minimum atomic E-state index is -0.280. The van der Waals surface area contributed by atoms with Crippen LogP contribution in [0.15, 0.2) is 47.1 Å². The number of piperazine rings is 1. The summed E-state index contributed by atoms with van der Waals surface area (Å²) in [5, 5.41) is 2.93. The fraction of sp³-hybridized carbons (Fsp3) is 0.400. The molecule has 0 saturated carbocycles. The van der Waals surface area contributed by atoms with Crippen LogP contribution in [0.3, 0.4) is 0 Å². The summed E-state index contributed by atoms with van der Waals surface area (Å²) >= 11 is 0. The van der Waals surface area contributed by atoms with Gasteiger partial charge >= 0.3 is 0 Å². The predicted octanol–water partition coefficient (Wildman–Crippen LogP) is 2.46. The number of carbonyl (C=O) groups excluding carboxylic acids is 2. The normalized spacial score (nSPS) is 16.0. The number of nitrogens with one attached hydrogen (secondary N) is 1. The summed E-state index contributed by atoms with van der Waals surface area (Å²) in [6.45, 7) is 6.85. The van der Waals surface area contributed by atoms with Crippen LogP contribution in [0.4, 0.5) is 5.69 Å². The molecule has 1 aromatic carbocycles. The van der Waals surface area contributed by atoms with Crippen molar-refractivity contribution in [2.75, 3.05) is 38.1 Å². The van der Waals surface area contributed by atoms with Gasteiger partial charge in [-0.15, -0.1) is 0 Å². The summed E-state index contributed by atoms with van der Waals surface area (Å²) < 4.78 is 10.6. The fourth-order valence-corrected chi connectivity index (χ4v) is 3.08. The van der Waals surface area contributed by atoms with E-state index in [9.17, 15) is 9.59 Å². The standard InChI is InChI=1S/C20H25N3O4/c1-3-26-17-8-6-16(7-9-17)21-19(24)15(2)22-10-12-23(13-11-22)20(25)18-5-4-14-27-18/h4-9,14-15H,3,10-13H2,1-2H3,(H,21,24)/t15-/m0/s1. The van der Waals surface area contributed by atoms with Crippen LogP contribution in [-0.4, -0.2) is 60.4 Å². The van der Waals surface area contributed by atoms with E-state index < -0.39 is 0 Å². The zero-order valence-electron chi connectivity index (χ0n) is 15.7. The minimum absolute atomic E-state index is 0.0648. The van der Waals surface area contributed by atoms with Crippen LogP contribution in [0, 0.1) is 0 Å². The molecule has 1 fully saturated rings. The first-order valence-corrected chi connectivity index (χ1v) is 9.19. The number of ether oxygens (including phenoxy) is 1. The highest BCUT2D eigenvalue weighted by Crippen LogP contribution is 2.17. The first-order valence-electron chi connectivity index (χ1n) is 9.19. The van der Waals surface area contributed by atoms with Crippen molar-refractivity contribution in [1.82, 2.24) is 9.80 Å². The number of hydrogen-bond donors (Lipinski definition) is 1. The van der Waals surface area contributed by atoms with Crippen molar-refractivity contribution in [3.05, 3.63) is 48.4 Å². The van der Waals surface area contributed by atoms with Gasteiger partial charge in [0.15, 0.2) is 5.76 Å². The molecule has 7 nitrogen and oxygen atoms in total. The molecule has 144 valence electrons. The van der Waals surface area contributed by atoms with E-state index in [0.717, 1.165) is 11.4 Å². The van der Waals surface area contributed by atoms with Gasteiger partial charge in [0.25, 0.3) is 5.91 Å². The quantitative estimate of drug-likeness (QED) is 0.844. The molecule has 2 heterocycles. The van der Waals surface area contributed by atoms with Gasteiger partial charge in [0, 0.05) is 31.9 Å². The van der Waals surface area contributed by atoms with Gasteiger partial charge in [-0.05, 0) is 50.2 Å².